The van der Waals surface area contributed by atoms with Gasteiger partial charge in [0.1, 0.15) is 18.5 Å². The monoisotopic (exact) mass is 582 g/mol. The number of hydrogen-bond donors (Lipinski definition) is 3. The van der Waals surface area contributed by atoms with Gasteiger partial charge < -0.3 is 30.0 Å². The van der Waals surface area contributed by atoms with Gasteiger partial charge in [-0.2, -0.15) is 0 Å². The Hall–Kier alpha value is -3.17. The minimum absolute atomic E-state index is 0.00515. The number of nitrogens with one attached hydrogen (secondary N) is 2. The molecular formula is C32H39ClN2O6. The zero-order chi connectivity index (χ0) is 29.4. The molecule has 9 heteroatoms. The minimum atomic E-state index is -0.678. The molecule has 41 heavy (non-hydrogen) atoms. The first kappa shape index (κ1) is 30.8. The lowest BCUT2D eigenvalue weighted by atomic mass is 9.68. The molecule has 1 aliphatic heterocycles. The Bertz CT molecular complexity index is 1290. The van der Waals surface area contributed by atoms with E-state index in [1.165, 1.54) is 0 Å². The number of allylic oxidation sites excluding steroid dienone is 2. The topological polar surface area (TPSA) is 106 Å². The van der Waals surface area contributed by atoms with Crippen LogP contribution in [0, 0.1) is 5.41 Å². The highest BCUT2D eigenvalue weighted by Crippen LogP contribution is 2.48. The average Bonchev–Trinajstić information content (AvgIpc) is 2.93. The number of ketones is 1. The van der Waals surface area contributed by atoms with E-state index in [0.717, 1.165) is 5.70 Å². The van der Waals surface area contributed by atoms with Crippen LogP contribution in [0.15, 0.2) is 77.1 Å². The van der Waals surface area contributed by atoms with E-state index in [1.54, 1.807) is 13.0 Å². The molecule has 2 aromatic carbocycles. The number of rotatable bonds is 13. The first-order valence-electron chi connectivity index (χ1n) is 14.0. The Morgan fingerprint density at radius 3 is 2.61 bits per heavy atom. The number of hydrogen-bond acceptors (Lipinski definition) is 8. The van der Waals surface area contributed by atoms with E-state index in [0.29, 0.717) is 65.7 Å². The molecule has 0 aromatic heterocycles. The van der Waals surface area contributed by atoms with Gasteiger partial charge in [-0.25, -0.2) is 4.79 Å². The third-order valence-electron chi connectivity index (χ3n) is 7.07. The minimum Gasteiger partial charge on any atom is -0.491 e. The van der Waals surface area contributed by atoms with E-state index in [9.17, 15) is 14.7 Å². The van der Waals surface area contributed by atoms with Gasteiger partial charge in [-0.1, -0.05) is 61.8 Å². The van der Waals surface area contributed by atoms with Crippen molar-refractivity contribution in [1.29, 1.82) is 0 Å². The van der Waals surface area contributed by atoms with Crippen LogP contribution in [-0.2, 0) is 19.1 Å². The molecule has 220 valence electrons. The Morgan fingerprint density at radius 2 is 1.88 bits per heavy atom. The Kier molecular flexibility index (Phi) is 10.6. The van der Waals surface area contributed by atoms with Gasteiger partial charge in [-0.15, -0.1) is 0 Å². The number of halogens is 1. The SMILES string of the molecule is CCOC(=O)C1=C(COCCNCC(O)COc2ccccc2)NC2=C(C(=O)CC(C)(C)C2)C1c1ccccc1Cl. The quantitative estimate of drug-likeness (QED) is 0.234. The summed E-state index contributed by atoms with van der Waals surface area (Å²) in [4.78, 5) is 26.9. The molecule has 0 saturated heterocycles. The summed E-state index contributed by atoms with van der Waals surface area (Å²) in [5, 5.41) is 17.2. The van der Waals surface area contributed by atoms with Gasteiger partial charge in [-0.3, -0.25) is 4.79 Å². The number of esters is 1. The normalized spacial score (nSPS) is 19.0. The fraction of sp³-hybridized carbons (Fsp3) is 0.438. The van der Waals surface area contributed by atoms with Gasteiger partial charge >= 0.3 is 5.97 Å². The summed E-state index contributed by atoms with van der Waals surface area (Å²) in [6, 6.07) is 16.6. The smallest absolute Gasteiger partial charge is 0.336 e. The highest BCUT2D eigenvalue weighted by molar-refractivity contribution is 6.31. The second kappa shape index (κ2) is 14.1. The third kappa shape index (κ3) is 7.98. The van der Waals surface area contributed by atoms with Crippen molar-refractivity contribution in [3.05, 3.63) is 87.7 Å². The lowest BCUT2D eigenvalue weighted by Gasteiger charge is -2.40. The average molecular weight is 583 g/mol. The fourth-order valence-corrected chi connectivity index (χ4v) is 5.53. The number of Topliss-reactive ketones (excluding diaryl/α,β-unsaturated/α-hetero) is 1. The maximum Gasteiger partial charge on any atom is 0.336 e. The van der Waals surface area contributed by atoms with Crippen molar-refractivity contribution in [2.24, 2.45) is 5.41 Å². The molecule has 3 N–H and O–H groups in total. The van der Waals surface area contributed by atoms with E-state index >= 15 is 0 Å². The zero-order valence-electron chi connectivity index (χ0n) is 23.9. The van der Waals surface area contributed by atoms with Crippen molar-refractivity contribution in [1.82, 2.24) is 10.6 Å². The van der Waals surface area contributed by atoms with Gasteiger partial charge in [0.05, 0.1) is 31.1 Å². The number of dihydropyridines is 1. The summed E-state index contributed by atoms with van der Waals surface area (Å²) < 4.78 is 17.0. The Balaban J connectivity index is 1.45. The first-order valence-corrected chi connectivity index (χ1v) is 14.4. The second-order valence-corrected chi connectivity index (χ2v) is 11.5. The van der Waals surface area contributed by atoms with Crippen molar-refractivity contribution in [2.45, 2.75) is 45.6 Å². The lowest BCUT2D eigenvalue weighted by Crippen LogP contribution is -2.40. The van der Waals surface area contributed by atoms with Crippen molar-refractivity contribution >= 4 is 23.4 Å². The standard InChI is InChI=1S/C32H39ClN2O6/c1-4-40-31(38)30-26(20-39-15-14-34-18-21(36)19-41-22-10-6-5-7-11-22)35-25-16-32(2,3)17-27(37)29(25)28(30)23-12-8-9-13-24(23)33/h5-13,21,28,34-36H,4,14-20H2,1-3H3. The highest BCUT2D eigenvalue weighted by atomic mass is 35.5. The molecule has 1 aliphatic carbocycles. The van der Waals surface area contributed by atoms with Crippen molar-refractivity contribution in [3.8, 4) is 5.75 Å². The largest absolute Gasteiger partial charge is 0.491 e. The molecule has 2 unspecified atom stereocenters. The van der Waals surface area contributed by atoms with E-state index < -0.39 is 18.0 Å². The highest BCUT2D eigenvalue weighted by Gasteiger charge is 2.44. The van der Waals surface area contributed by atoms with Crippen LogP contribution < -0.4 is 15.4 Å². The number of carbonyl (C=O) groups excluding carboxylic acids is 2. The molecule has 0 fully saturated rings. The van der Waals surface area contributed by atoms with E-state index in [1.807, 2.05) is 48.5 Å². The van der Waals surface area contributed by atoms with Crippen molar-refractivity contribution < 1.29 is 28.9 Å². The maximum atomic E-state index is 13.5. The van der Waals surface area contributed by atoms with E-state index in [4.69, 9.17) is 25.8 Å². The van der Waals surface area contributed by atoms with Crippen LogP contribution in [0.5, 0.6) is 5.75 Å². The van der Waals surface area contributed by atoms with Crippen molar-refractivity contribution in [2.75, 3.05) is 39.5 Å². The second-order valence-electron chi connectivity index (χ2n) is 11.1. The molecular weight excluding hydrogens is 544 g/mol. The maximum absolute atomic E-state index is 13.5. The molecule has 2 aromatic rings. The summed E-state index contributed by atoms with van der Waals surface area (Å²) in [5.74, 6) is -0.460. The van der Waals surface area contributed by atoms with Gasteiger partial charge in [0.2, 0.25) is 0 Å². The predicted molar refractivity (Wildman–Crippen MR) is 158 cm³/mol. The molecule has 1 heterocycles. The van der Waals surface area contributed by atoms with Gasteiger partial charge in [0, 0.05) is 41.7 Å². The number of ether oxygens (including phenoxy) is 3. The van der Waals surface area contributed by atoms with Crippen LogP contribution in [0.1, 0.15) is 45.1 Å². The summed E-state index contributed by atoms with van der Waals surface area (Å²) >= 11 is 6.63. The summed E-state index contributed by atoms with van der Waals surface area (Å²) in [5.41, 5.74) is 2.73. The number of aliphatic hydroxyl groups excluding tert-OH is 1. The van der Waals surface area contributed by atoms with Crippen LogP contribution in [0.25, 0.3) is 0 Å². The van der Waals surface area contributed by atoms with Gasteiger partial charge in [0.25, 0.3) is 0 Å². The van der Waals surface area contributed by atoms with Gasteiger partial charge in [-0.05, 0) is 42.5 Å². The van der Waals surface area contributed by atoms with E-state index in [-0.39, 0.29) is 31.0 Å². The fourth-order valence-electron chi connectivity index (χ4n) is 5.29. The van der Waals surface area contributed by atoms with E-state index in [2.05, 4.69) is 24.5 Å². The Labute approximate surface area is 246 Å². The lowest BCUT2D eigenvalue weighted by molar-refractivity contribution is -0.139. The predicted octanol–water partition coefficient (Wildman–Crippen LogP) is 4.53. The number of carbonyl (C=O) groups is 2. The number of para-hydroxylation sites is 1. The molecule has 2 aliphatic rings. The first-order chi connectivity index (χ1) is 19.7. The summed E-state index contributed by atoms with van der Waals surface area (Å²) in [6.45, 7) is 7.51. The molecule has 4 rings (SSSR count). The number of aliphatic hydroxyl groups is 1. The molecule has 0 radical (unpaired) electrons. The van der Waals surface area contributed by atoms with Crippen LogP contribution in [-0.4, -0.2) is 62.5 Å². The molecule has 8 nitrogen and oxygen atoms in total. The molecule has 0 amide bonds. The van der Waals surface area contributed by atoms with Crippen LogP contribution in [0.3, 0.4) is 0 Å². The van der Waals surface area contributed by atoms with Crippen molar-refractivity contribution in [3.63, 3.8) is 0 Å². The molecule has 0 saturated carbocycles. The summed E-state index contributed by atoms with van der Waals surface area (Å²) in [6.07, 6.45) is 0.353. The number of benzene rings is 2. The summed E-state index contributed by atoms with van der Waals surface area (Å²) in [7, 11) is 0. The molecule has 0 bridgehead atoms. The van der Waals surface area contributed by atoms with Crippen LogP contribution >= 0.6 is 11.6 Å². The Morgan fingerprint density at radius 1 is 1.15 bits per heavy atom. The van der Waals surface area contributed by atoms with Gasteiger partial charge in [0.15, 0.2) is 5.78 Å². The van der Waals surface area contributed by atoms with Crippen LogP contribution in [0.4, 0.5) is 0 Å². The molecule has 0 spiro atoms. The third-order valence-corrected chi connectivity index (χ3v) is 7.42. The molecule has 2 atom stereocenters. The zero-order valence-corrected chi connectivity index (χ0v) is 24.6. The van der Waals surface area contributed by atoms with Crippen LogP contribution in [0.2, 0.25) is 5.02 Å².